The van der Waals surface area contributed by atoms with E-state index in [1.54, 1.807) is 19.2 Å². The highest BCUT2D eigenvalue weighted by Gasteiger charge is 2.17. The van der Waals surface area contributed by atoms with Crippen LogP contribution in [-0.4, -0.2) is 36.9 Å². The molecule has 0 aliphatic rings. The van der Waals surface area contributed by atoms with E-state index >= 15 is 0 Å². The first-order valence-electron chi connectivity index (χ1n) is 7.98. The molecule has 0 aliphatic carbocycles. The van der Waals surface area contributed by atoms with Crippen LogP contribution in [0.2, 0.25) is 0 Å². The summed E-state index contributed by atoms with van der Waals surface area (Å²) in [5.74, 6) is 0.246. The van der Waals surface area contributed by atoms with E-state index in [9.17, 15) is 9.59 Å². The maximum absolute atomic E-state index is 12.4. The number of carbonyl (C=O) groups excluding carboxylic acids is 2. The normalized spacial score (nSPS) is 10.2. The van der Waals surface area contributed by atoms with Crippen molar-refractivity contribution in [1.29, 1.82) is 0 Å². The van der Waals surface area contributed by atoms with Crippen LogP contribution in [0.4, 0.5) is 5.69 Å². The average Bonchev–Trinajstić information content (AvgIpc) is 2.62. The predicted octanol–water partition coefficient (Wildman–Crippen LogP) is 3.49. The van der Waals surface area contributed by atoms with Crippen molar-refractivity contribution in [2.45, 2.75) is 13.3 Å². The number of hydrogen-bond donors (Lipinski definition) is 1. The molecule has 0 bridgehead atoms. The minimum absolute atomic E-state index is 0.00388. The number of carbonyl (C=O) groups is 2. The molecule has 2 rings (SSSR count). The third kappa shape index (κ3) is 5.60. The van der Waals surface area contributed by atoms with Crippen LogP contribution in [0.15, 0.2) is 53.0 Å². The Hall–Kier alpha value is -2.34. The number of nitrogens with zero attached hydrogens (tertiary/aromatic N) is 1. The Morgan fingerprint density at radius 1 is 1.12 bits per heavy atom. The summed E-state index contributed by atoms with van der Waals surface area (Å²) in [6.07, 6.45) is 0.267. The molecule has 132 valence electrons. The maximum atomic E-state index is 12.4. The lowest BCUT2D eigenvalue weighted by Gasteiger charge is -2.21. The van der Waals surface area contributed by atoms with Gasteiger partial charge >= 0.3 is 0 Å². The van der Waals surface area contributed by atoms with Crippen molar-refractivity contribution >= 4 is 33.4 Å². The van der Waals surface area contributed by atoms with E-state index in [2.05, 4.69) is 21.2 Å². The van der Waals surface area contributed by atoms with Gasteiger partial charge in [-0.2, -0.15) is 0 Å². The molecule has 0 heterocycles. The van der Waals surface area contributed by atoms with Gasteiger partial charge in [0.1, 0.15) is 5.75 Å². The van der Waals surface area contributed by atoms with Gasteiger partial charge in [0, 0.05) is 11.0 Å². The molecule has 0 aromatic heterocycles. The number of rotatable bonds is 7. The van der Waals surface area contributed by atoms with Gasteiger partial charge < -0.3 is 15.0 Å². The van der Waals surface area contributed by atoms with E-state index in [4.69, 9.17) is 4.74 Å². The van der Waals surface area contributed by atoms with E-state index in [0.717, 1.165) is 10.0 Å². The van der Waals surface area contributed by atoms with E-state index in [-0.39, 0.29) is 24.8 Å². The van der Waals surface area contributed by atoms with Gasteiger partial charge in [0.25, 0.3) is 0 Å². The largest absolute Gasteiger partial charge is 0.495 e. The van der Waals surface area contributed by atoms with Crippen LogP contribution in [0, 0.1) is 0 Å². The van der Waals surface area contributed by atoms with Crippen molar-refractivity contribution in [2.24, 2.45) is 0 Å². The summed E-state index contributed by atoms with van der Waals surface area (Å²) >= 11 is 3.37. The molecule has 1 N–H and O–H groups in total. The van der Waals surface area contributed by atoms with Crippen molar-refractivity contribution in [3.8, 4) is 5.75 Å². The van der Waals surface area contributed by atoms with Crippen molar-refractivity contribution in [2.75, 3.05) is 25.5 Å². The lowest BCUT2D eigenvalue weighted by Crippen LogP contribution is -2.38. The van der Waals surface area contributed by atoms with Gasteiger partial charge in [-0.15, -0.1) is 0 Å². The molecular formula is C19H21BrN2O3. The first kappa shape index (κ1) is 19.0. The molecule has 0 saturated heterocycles. The average molecular weight is 405 g/mol. The van der Waals surface area contributed by atoms with Crippen molar-refractivity contribution in [3.05, 3.63) is 58.6 Å². The van der Waals surface area contributed by atoms with Gasteiger partial charge in [-0.25, -0.2) is 0 Å². The Morgan fingerprint density at radius 2 is 1.80 bits per heavy atom. The lowest BCUT2D eigenvalue weighted by molar-refractivity contribution is -0.133. The Balaban J connectivity index is 1.96. The van der Waals surface area contributed by atoms with Crippen LogP contribution in [0.5, 0.6) is 5.75 Å². The van der Waals surface area contributed by atoms with Crippen LogP contribution in [-0.2, 0) is 16.0 Å². The summed E-state index contributed by atoms with van der Waals surface area (Å²) < 4.78 is 6.18. The number of halogens is 1. The van der Waals surface area contributed by atoms with Gasteiger partial charge in [-0.3, -0.25) is 9.59 Å². The fraction of sp³-hybridized carbons (Fsp3) is 0.263. The zero-order valence-corrected chi connectivity index (χ0v) is 15.9. The van der Waals surface area contributed by atoms with E-state index < -0.39 is 0 Å². The van der Waals surface area contributed by atoms with E-state index in [0.29, 0.717) is 18.0 Å². The molecule has 5 nitrogen and oxygen atoms in total. The highest BCUT2D eigenvalue weighted by molar-refractivity contribution is 9.10. The molecule has 2 amide bonds. The summed E-state index contributed by atoms with van der Waals surface area (Å²) in [5.41, 5.74) is 1.50. The van der Waals surface area contributed by atoms with Crippen LogP contribution < -0.4 is 10.1 Å². The molecule has 2 aromatic carbocycles. The zero-order chi connectivity index (χ0) is 18.2. The topological polar surface area (TPSA) is 58.6 Å². The Morgan fingerprint density at radius 3 is 2.44 bits per heavy atom. The molecule has 0 aliphatic heterocycles. The summed E-state index contributed by atoms with van der Waals surface area (Å²) in [6.45, 7) is 2.33. The monoisotopic (exact) mass is 404 g/mol. The molecule has 2 aromatic rings. The van der Waals surface area contributed by atoms with E-state index in [1.807, 2.05) is 43.3 Å². The SMILES string of the molecule is CCN(CC(=O)Nc1ccccc1OC)C(=O)Cc1ccc(Br)cc1. The minimum atomic E-state index is -0.254. The van der Waals surface area contributed by atoms with Crippen LogP contribution in [0.25, 0.3) is 0 Å². The highest BCUT2D eigenvalue weighted by Crippen LogP contribution is 2.22. The number of nitrogens with one attached hydrogen (secondary N) is 1. The summed E-state index contributed by atoms with van der Waals surface area (Å²) in [4.78, 5) is 26.3. The molecule has 0 fully saturated rings. The number of ether oxygens (including phenoxy) is 1. The third-order valence-electron chi connectivity index (χ3n) is 3.72. The fourth-order valence-corrected chi connectivity index (χ4v) is 2.64. The fourth-order valence-electron chi connectivity index (χ4n) is 2.38. The predicted molar refractivity (Wildman–Crippen MR) is 102 cm³/mol. The quantitative estimate of drug-likeness (QED) is 0.768. The van der Waals surface area contributed by atoms with Gasteiger partial charge in [0.05, 0.1) is 25.8 Å². The second-order valence-electron chi connectivity index (χ2n) is 5.46. The Kier molecular flexibility index (Phi) is 7.01. The molecule has 6 heteroatoms. The second kappa shape index (κ2) is 9.22. The smallest absolute Gasteiger partial charge is 0.244 e. The molecule has 25 heavy (non-hydrogen) atoms. The second-order valence-corrected chi connectivity index (χ2v) is 6.38. The number of para-hydroxylation sites is 2. The number of methoxy groups -OCH3 is 1. The standard InChI is InChI=1S/C19H21BrN2O3/c1-3-22(19(24)12-14-8-10-15(20)11-9-14)13-18(23)21-16-6-4-5-7-17(16)25-2/h4-11H,3,12-13H2,1-2H3,(H,21,23). The first-order chi connectivity index (χ1) is 12.0. The van der Waals surface area contributed by atoms with Crippen molar-refractivity contribution < 1.29 is 14.3 Å². The number of likely N-dealkylation sites (N-methyl/N-ethyl adjacent to an activating group) is 1. The van der Waals surface area contributed by atoms with Crippen molar-refractivity contribution in [3.63, 3.8) is 0 Å². The van der Waals surface area contributed by atoms with Gasteiger partial charge in [-0.05, 0) is 36.8 Å². The molecular weight excluding hydrogens is 384 g/mol. The number of anilines is 1. The Labute approximate surface area is 156 Å². The van der Waals surface area contributed by atoms with Crippen LogP contribution in [0.1, 0.15) is 12.5 Å². The maximum Gasteiger partial charge on any atom is 0.244 e. The minimum Gasteiger partial charge on any atom is -0.495 e. The Bertz CT molecular complexity index is 732. The number of benzene rings is 2. The first-order valence-corrected chi connectivity index (χ1v) is 8.78. The molecule has 0 atom stereocenters. The number of amides is 2. The third-order valence-corrected chi connectivity index (χ3v) is 4.25. The summed E-state index contributed by atoms with van der Waals surface area (Å²) in [7, 11) is 1.55. The van der Waals surface area contributed by atoms with E-state index in [1.165, 1.54) is 4.90 Å². The summed E-state index contributed by atoms with van der Waals surface area (Å²) in [6, 6.07) is 14.8. The molecule has 0 unspecified atom stereocenters. The molecule has 0 spiro atoms. The van der Waals surface area contributed by atoms with Crippen molar-refractivity contribution in [1.82, 2.24) is 4.90 Å². The molecule has 0 radical (unpaired) electrons. The number of hydrogen-bond acceptors (Lipinski definition) is 3. The van der Waals surface area contributed by atoms with Crippen LogP contribution in [0.3, 0.4) is 0 Å². The zero-order valence-electron chi connectivity index (χ0n) is 14.3. The highest BCUT2D eigenvalue weighted by atomic mass is 79.9. The lowest BCUT2D eigenvalue weighted by atomic mass is 10.1. The van der Waals surface area contributed by atoms with Gasteiger partial charge in [0.15, 0.2) is 0 Å². The van der Waals surface area contributed by atoms with Gasteiger partial charge in [-0.1, -0.05) is 40.2 Å². The molecule has 0 saturated carbocycles. The summed E-state index contributed by atoms with van der Waals surface area (Å²) in [5, 5.41) is 2.79. The van der Waals surface area contributed by atoms with Crippen LogP contribution >= 0.6 is 15.9 Å². The van der Waals surface area contributed by atoms with Gasteiger partial charge in [0.2, 0.25) is 11.8 Å².